The van der Waals surface area contributed by atoms with Gasteiger partial charge >= 0.3 is 5.97 Å². The van der Waals surface area contributed by atoms with Crippen LogP contribution in [-0.2, 0) is 20.9 Å². The van der Waals surface area contributed by atoms with Crippen LogP contribution in [0.2, 0.25) is 0 Å². The highest BCUT2D eigenvalue weighted by Crippen LogP contribution is 2.29. The Balaban J connectivity index is 1.57. The molecule has 0 bridgehead atoms. The second kappa shape index (κ2) is 9.29. The summed E-state index contributed by atoms with van der Waals surface area (Å²) in [7, 11) is 0. The fourth-order valence-electron chi connectivity index (χ4n) is 3.24. The quantitative estimate of drug-likeness (QED) is 0.671. The van der Waals surface area contributed by atoms with Crippen LogP contribution in [0.5, 0.6) is 0 Å². The Morgan fingerprint density at radius 3 is 2.79 bits per heavy atom. The maximum Gasteiger partial charge on any atom is 0.338 e. The molecule has 152 valence electrons. The van der Waals surface area contributed by atoms with E-state index in [9.17, 15) is 14.7 Å². The number of thiophene rings is 1. The first-order chi connectivity index (χ1) is 13.5. The van der Waals surface area contributed by atoms with E-state index in [2.05, 4.69) is 10.2 Å². The summed E-state index contributed by atoms with van der Waals surface area (Å²) < 4.78 is 10.8. The Labute approximate surface area is 167 Å². The Morgan fingerprint density at radius 2 is 2.11 bits per heavy atom. The Bertz CT molecular complexity index is 783. The van der Waals surface area contributed by atoms with Gasteiger partial charge in [0.15, 0.2) is 12.2 Å². The molecule has 0 aromatic carbocycles. The fraction of sp³-hybridized carbons (Fsp3) is 0.579. The summed E-state index contributed by atoms with van der Waals surface area (Å²) in [5, 5.41) is 20.3. The van der Waals surface area contributed by atoms with Gasteiger partial charge in [0.1, 0.15) is 0 Å². The van der Waals surface area contributed by atoms with E-state index in [1.165, 1.54) is 16.2 Å². The predicted molar refractivity (Wildman–Crippen MR) is 102 cm³/mol. The van der Waals surface area contributed by atoms with Crippen molar-refractivity contribution >= 4 is 23.2 Å². The number of aliphatic hydroxyl groups is 1. The third kappa shape index (κ3) is 4.96. The topological polar surface area (TPSA) is 106 Å². The van der Waals surface area contributed by atoms with Gasteiger partial charge in [0, 0.05) is 6.54 Å². The van der Waals surface area contributed by atoms with E-state index < -0.39 is 18.2 Å². The molecule has 2 heterocycles. The molecule has 0 spiro atoms. The number of hydrogen-bond acceptors (Lipinski definition) is 8. The van der Waals surface area contributed by atoms with Crippen LogP contribution in [0.1, 0.15) is 51.3 Å². The van der Waals surface area contributed by atoms with Gasteiger partial charge in [0.2, 0.25) is 5.89 Å². The van der Waals surface area contributed by atoms with Crippen LogP contribution in [0.15, 0.2) is 21.9 Å². The molecule has 0 unspecified atom stereocenters. The van der Waals surface area contributed by atoms with Gasteiger partial charge in [-0.25, -0.2) is 4.79 Å². The van der Waals surface area contributed by atoms with Gasteiger partial charge < -0.3 is 19.2 Å². The van der Waals surface area contributed by atoms with Gasteiger partial charge in [-0.3, -0.25) is 4.79 Å². The van der Waals surface area contributed by atoms with Crippen molar-refractivity contribution < 1.29 is 23.8 Å². The zero-order chi connectivity index (χ0) is 20.0. The van der Waals surface area contributed by atoms with E-state index in [4.69, 9.17) is 9.15 Å². The van der Waals surface area contributed by atoms with Gasteiger partial charge in [-0.15, -0.1) is 21.5 Å². The average molecular weight is 407 g/mol. The molecule has 1 saturated carbocycles. The molecule has 0 saturated heterocycles. The summed E-state index contributed by atoms with van der Waals surface area (Å²) in [4.78, 5) is 27.1. The van der Waals surface area contributed by atoms with E-state index in [-0.39, 0.29) is 12.5 Å². The van der Waals surface area contributed by atoms with Crippen molar-refractivity contribution in [2.24, 2.45) is 0 Å². The molecule has 3 rings (SSSR count). The van der Waals surface area contributed by atoms with Crippen molar-refractivity contribution in [3.63, 3.8) is 0 Å². The van der Waals surface area contributed by atoms with E-state index in [1.54, 1.807) is 0 Å². The number of esters is 1. The van der Waals surface area contributed by atoms with Crippen molar-refractivity contribution in [1.82, 2.24) is 15.1 Å². The highest BCUT2D eigenvalue weighted by atomic mass is 32.1. The molecular weight excluding hydrogens is 382 g/mol. The van der Waals surface area contributed by atoms with Crippen LogP contribution in [-0.4, -0.2) is 50.8 Å². The number of aromatic nitrogens is 2. The van der Waals surface area contributed by atoms with Gasteiger partial charge in [-0.05, 0) is 43.6 Å². The number of amides is 1. The molecule has 2 aromatic rings. The number of hydrogen-bond donors (Lipinski definition) is 1. The van der Waals surface area contributed by atoms with Gasteiger partial charge in [-0.2, -0.15) is 0 Å². The van der Waals surface area contributed by atoms with E-state index >= 15 is 0 Å². The number of carbonyl (C=O) groups is 2. The zero-order valence-electron chi connectivity index (χ0n) is 15.9. The third-order valence-corrected chi connectivity index (χ3v) is 5.62. The molecule has 2 aromatic heterocycles. The lowest BCUT2D eigenvalue weighted by Crippen LogP contribution is -2.43. The number of rotatable bonds is 8. The van der Waals surface area contributed by atoms with Crippen molar-refractivity contribution in [3.05, 3.63) is 23.4 Å². The average Bonchev–Trinajstić information content (AvgIpc) is 3.37. The molecule has 1 fully saturated rings. The molecule has 1 aliphatic rings. The van der Waals surface area contributed by atoms with Gasteiger partial charge in [0.25, 0.3) is 11.8 Å². The molecule has 1 N–H and O–H groups in total. The number of carbonyl (C=O) groups excluding carboxylic acids is 2. The highest BCUT2D eigenvalue weighted by molar-refractivity contribution is 7.13. The third-order valence-electron chi connectivity index (χ3n) is 4.76. The molecule has 9 heteroatoms. The number of nitrogens with zero attached hydrogens (tertiary/aromatic N) is 3. The summed E-state index contributed by atoms with van der Waals surface area (Å²) >= 11 is 1.49. The van der Waals surface area contributed by atoms with Crippen LogP contribution in [0.4, 0.5) is 0 Å². The van der Waals surface area contributed by atoms with Crippen LogP contribution >= 0.6 is 11.3 Å². The second-order valence-corrected chi connectivity index (χ2v) is 7.91. The van der Waals surface area contributed by atoms with Crippen molar-refractivity contribution in [3.8, 4) is 10.8 Å². The Hall–Kier alpha value is -2.26. The first-order valence-electron chi connectivity index (χ1n) is 9.55. The van der Waals surface area contributed by atoms with E-state index in [0.29, 0.717) is 31.2 Å². The van der Waals surface area contributed by atoms with Crippen molar-refractivity contribution in [2.45, 2.75) is 57.6 Å². The molecular formula is C19H25N3O5S. The summed E-state index contributed by atoms with van der Waals surface area (Å²) in [6.07, 6.45) is 4.06. The predicted octanol–water partition coefficient (Wildman–Crippen LogP) is 2.78. The minimum absolute atomic E-state index is 0.146. The summed E-state index contributed by atoms with van der Waals surface area (Å²) in [6, 6.07) is 3.78. The normalized spacial score (nSPS) is 15.9. The molecule has 1 aliphatic carbocycles. The van der Waals surface area contributed by atoms with Crippen molar-refractivity contribution in [1.29, 1.82) is 0 Å². The summed E-state index contributed by atoms with van der Waals surface area (Å²) in [5.74, 6) is -0.331. The zero-order valence-corrected chi connectivity index (χ0v) is 16.7. The fourth-order valence-corrected chi connectivity index (χ4v) is 3.88. The minimum Gasteiger partial charge on any atom is -0.453 e. The summed E-state index contributed by atoms with van der Waals surface area (Å²) in [5.41, 5.74) is -1.46. The van der Waals surface area contributed by atoms with E-state index in [0.717, 1.165) is 30.6 Å². The summed E-state index contributed by atoms with van der Waals surface area (Å²) in [6.45, 7) is 2.15. The van der Waals surface area contributed by atoms with Crippen molar-refractivity contribution in [2.75, 3.05) is 13.2 Å². The monoisotopic (exact) mass is 407 g/mol. The van der Waals surface area contributed by atoms with Crippen LogP contribution < -0.4 is 0 Å². The van der Waals surface area contributed by atoms with Crippen LogP contribution in [0.3, 0.4) is 0 Å². The first kappa shape index (κ1) is 20.5. The highest BCUT2D eigenvalue weighted by Gasteiger charge is 2.39. The van der Waals surface area contributed by atoms with Crippen LogP contribution in [0, 0.1) is 0 Å². The minimum atomic E-state index is -1.46. The molecule has 0 radical (unpaired) electrons. The maximum absolute atomic E-state index is 12.5. The van der Waals surface area contributed by atoms with Gasteiger partial charge in [0.05, 0.1) is 11.4 Å². The first-order valence-corrected chi connectivity index (χ1v) is 10.4. The SMILES string of the molecule is CCCN(Cc1nnc(-c2cccs2)o1)C(=O)COC(=O)C1(O)CCCCC1. The lowest BCUT2D eigenvalue weighted by Gasteiger charge is -2.29. The number of ether oxygens (including phenoxy) is 1. The van der Waals surface area contributed by atoms with E-state index in [1.807, 2.05) is 24.4 Å². The lowest BCUT2D eigenvalue weighted by atomic mass is 9.85. The standard InChI is InChI=1S/C19H25N3O5S/c1-2-10-22(12-15-20-21-17(27-15)14-7-6-11-28-14)16(23)13-26-18(24)19(25)8-4-3-5-9-19/h6-7,11,25H,2-5,8-10,12-13H2,1H3. The smallest absolute Gasteiger partial charge is 0.338 e. The molecule has 0 aliphatic heterocycles. The second-order valence-electron chi connectivity index (χ2n) is 6.96. The van der Waals surface area contributed by atoms with Crippen LogP contribution in [0.25, 0.3) is 10.8 Å². The van der Waals surface area contributed by atoms with Gasteiger partial charge in [-0.1, -0.05) is 19.4 Å². The largest absolute Gasteiger partial charge is 0.453 e. The maximum atomic E-state index is 12.5. The Kier molecular flexibility index (Phi) is 6.79. The molecule has 28 heavy (non-hydrogen) atoms. The Morgan fingerprint density at radius 1 is 1.32 bits per heavy atom. The molecule has 8 nitrogen and oxygen atoms in total. The molecule has 1 amide bonds. The lowest BCUT2D eigenvalue weighted by molar-refractivity contribution is -0.172. The molecule has 0 atom stereocenters.